The largest absolute Gasteiger partial charge is 0.461 e. The fraction of sp³-hybridized carbons (Fsp3) is 0.779. The summed E-state index contributed by atoms with van der Waals surface area (Å²) in [5.41, 5.74) is 8.32. The van der Waals surface area contributed by atoms with E-state index in [0.717, 1.165) is 43.3 Å². The van der Waals surface area contributed by atoms with Gasteiger partial charge in [-0.25, -0.2) is 9.59 Å². The van der Waals surface area contributed by atoms with E-state index in [1.54, 1.807) is 45.2 Å². The molecule has 7 amide bonds. The van der Waals surface area contributed by atoms with Gasteiger partial charge >= 0.3 is 18.0 Å². The number of ketones is 1. The van der Waals surface area contributed by atoms with Crippen LogP contribution in [0.4, 0.5) is 10.5 Å². The first-order valence-electron chi connectivity index (χ1n) is 43.8. The van der Waals surface area contributed by atoms with Gasteiger partial charge in [0.25, 0.3) is 11.8 Å². The molecular formula is C86H130N6O30. The van der Waals surface area contributed by atoms with Crippen molar-refractivity contribution in [3.63, 3.8) is 0 Å². The predicted molar refractivity (Wildman–Crippen MR) is 431 cm³/mol. The number of urea groups is 1. The van der Waals surface area contributed by atoms with Crippen molar-refractivity contribution in [2.75, 3.05) is 138 Å². The zero-order valence-corrected chi connectivity index (χ0v) is 71.2. The highest BCUT2D eigenvalue weighted by molar-refractivity contribution is 6.01. The lowest BCUT2D eigenvalue weighted by atomic mass is 9.81. The van der Waals surface area contributed by atoms with Gasteiger partial charge in [-0.2, -0.15) is 0 Å². The van der Waals surface area contributed by atoms with E-state index in [1.165, 1.54) is 0 Å². The Labute approximate surface area is 713 Å². The SMILES string of the molecule is C=C1C[C@@H]2CC[C@@]34C[C@H]5O[C@H]6[C@@H](O3)[C@H]3O[C@H](CC[C@@H]3O[C@H]6C5O4)CC(=O)CC3C(CC4O[C@@H](CCC1O2)C[C@@H](C)C4=C)O[C@H](C[C@H](O)CCC(=O)OCc1ccc(NC(=O)[C@H](CCCNC(N)=O)NC(=O)[C@@H](NC(=O)CCOCCOCCOCCOCCOCCOCCOCCOCCOCCC(=O)ON2C(=O)CCC2=O)C(C)C)cc1)[C@@H]3OC. The molecule has 11 aliphatic rings. The molecule has 0 aromatic heterocycles. The van der Waals surface area contributed by atoms with Gasteiger partial charge in [-0.1, -0.05) is 46.1 Å². The quantitative estimate of drug-likeness (QED) is 0.0225. The summed E-state index contributed by atoms with van der Waals surface area (Å²) < 4.78 is 116. The standard InChI is InChI=1S/C86H130N6O30/c1-52(2)76(91-71(95)22-26-104-28-30-106-32-34-108-36-38-110-40-42-112-43-41-111-39-37-109-35-33-107-31-29-105-27-23-75(99)122-92-72(96)18-19-73(92)97)84(101)90-64(8-7-25-88-85(87)102)83(100)89-57-11-9-56(10-12-57)51-113-74(98)20-13-58(93)48-69-77(103-6)63-47-59(94)46-61-15-17-66-78(116-61)82-81-80(118-66)79-70(119-81)50-86(120-79,121-82)24-21-62-45-54(4)65(114-62)16-14-60-44-53(3)55(5)67(115-60)49-68(63)117-69/h9-12,52-53,58,60-70,76-82,93H,4-5,7-8,13-51H2,1-3,6H3,(H,89,100)(H,90,101)(H,91,95)(H3,87,88,102)/t53-,58-,60+,61-,62+,63?,64+,65?,66+,67?,68?,69-,70-,76+,77-,78+,79?,80+,81-,82+,86+/m1/s1. The molecule has 36 heteroatoms. The maximum Gasteiger partial charge on any atom is 0.335 e. The van der Waals surface area contributed by atoms with Gasteiger partial charge < -0.3 is 127 Å². The van der Waals surface area contributed by atoms with E-state index < -0.39 is 108 Å². The number of primary amides is 1. The summed E-state index contributed by atoms with van der Waals surface area (Å²) >= 11 is 0. The van der Waals surface area contributed by atoms with Crippen molar-refractivity contribution in [3.05, 3.63) is 54.1 Å². The Balaban J connectivity index is 0.539. The Kier molecular flexibility index (Phi) is 38.5. The second-order valence-electron chi connectivity index (χ2n) is 33.4. The third kappa shape index (κ3) is 28.9. The van der Waals surface area contributed by atoms with Crippen molar-refractivity contribution in [2.45, 2.75) is 278 Å². The van der Waals surface area contributed by atoms with Crippen molar-refractivity contribution in [1.29, 1.82) is 0 Å². The molecule has 1 spiro atoms. The van der Waals surface area contributed by atoms with E-state index in [1.807, 2.05) is 0 Å². The van der Waals surface area contributed by atoms with Gasteiger partial charge in [0.15, 0.2) is 5.79 Å². The number of aliphatic hydroxyl groups excluding tert-OH is 1. The second kappa shape index (κ2) is 48.9. The van der Waals surface area contributed by atoms with Crippen molar-refractivity contribution < 1.29 is 143 Å². The van der Waals surface area contributed by atoms with Gasteiger partial charge in [0.05, 0.1) is 192 Å². The number of amides is 7. The van der Waals surface area contributed by atoms with E-state index in [-0.39, 0.29) is 195 Å². The van der Waals surface area contributed by atoms with Crippen LogP contribution >= 0.6 is 0 Å². The number of nitrogens with one attached hydrogen (secondary N) is 4. The number of rotatable bonds is 49. The Morgan fingerprint density at radius 3 is 1.80 bits per heavy atom. The number of imide groups is 1. The summed E-state index contributed by atoms with van der Waals surface area (Å²) in [7, 11) is 1.60. The second-order valence-corrected chi connectivity index (χ2v) is 33.4. The summed E-state index contributed by atoms with van der Waals surface area (Å²) in [5.74, 6) is -5.42. The number of hydroxylamine groups is 2. The van der Waals surface area contributed by atoms with Crippen LogP contribution < -0.4 is 27.0 Å². The maximum atomic E-state index is 14.6. The highest BCUT2D eigenvalue weighted by Gasteiger charge is 2.69. The number of nitrogens with zero attached hydrogens (tertiary/aromatic N) is 1. The molecule has 684 valence electrons. The van der Waals surface area contributed by atoms with Gasteiger partial charge in [0.1, 0.15) is 55.0 Å². The maximum absolute atomic E-state index is 14.6. The van der Waals surface area contributed by atoms with Crippen molar-refractivity contribution in [1.82, 2.24) is 21.0 Å². The number of carbonyl (C=O) groups is 9. The van der Waals surface area contributed by atoms with Crippen LogP contribution in [0.25, 0.3) is 0 Å². The Bertz CT molecular complexity index is 3550. The van der Waals surface area contributed by atoms with Gasteiger partial charge in [0.2, 0.25) is 17.7 Å². The van der Waals surface area contributed by atoms with Crippen LogP contribution in [0.5, 0.6) is 0 Å². The van der Waals surface area contributed by atoms with Crippen LogP contribution in [0.15, 0.2) is 48.6 Å². The van der Waals surface area contributed by atoms with Crippen LogP contribution in [0, 0.1) is 17.8 Å². The molecule has 0 aliphatic carbocycles. The molecule has 7 N–H and O–H groups in total. The molecule has 12 rings (SSSR count). The molecule has 0 radical (unpaired) electrons. The highest BCUT2D eigenvalue weighted by Crippen LogP contribution is 2.55. The van der Waals surface area contributed by atoms with E-state index in [9.17, 15) is 48.3 Å². The summed E-state index contributed by atoms with van der Waals surface area (Å²) in [6.45, 7) is 20.3. The zero-order valence-electron chi connectivity index (χ0n) is 71.2. The highest BCUT2D eigenvalue weighted by atomic mass is 16.8. The van der Waals surface area contributed by atoms with Gasteiger partial charge in [0, 0.05) is 89.5 Å². The molecule has 11 fully saturated rings. The Morgan fingerprint density at radius 1 is 0.590 bits per heavy atom. The molecule has 1 aromatic carbocycles. The number of fused-ring (bicyclic) bond motifs is 6. The molecule has 0 saturated carbocycles. The van der Waals surface area contributed by atoms with Crippen LogP contribution in [0.2, 0.25) is 0 Å². The molecule has 1 aromatic rings. The molecule has 12 bridgehead atoms. The number of ether oxygens (including phenoxy) is 19. The number of carbonyl (C=O) groups excluding carboxylic acids is 9. The minimum Gasteiger partial charge on any atom is -0.461 e. The number of aliphatic hydroxyl groups is 1. The first-order valence-corrected chi connectivity index (χ1v) is 43.8. The number of esters is 1. The average Bonchev–Trinajstić information content (AvgIpc) is 1.55. The van der Waals surface area contributed by atoms with Gasteiger partial charge in [-0.3, -0.25) is 33.6 Å². The lowest BCUT2D eigenvalue weighted by Gasteiger charge is -2.47. The Morgan fingerprint density at radius 2 is 1.17 bits per heavy atom. The summed E-state index contributed by atoms with van der Waals surface area (Å²) in [6.07, 6.45) is 1.73. The fourth-order valence-electron chi connectivity index (χ4n) is 17.6. The number of benzene rings is 1. The van der Waals surface area contributed by atoms with Crippen LogP contribution in [0.1, 0.15) is 161 Å². The molecule has 5 unspecified atom stereocenters. The number of methoxy groups -OCH3 is 1. The third-order valence-corrected chi connectivity index (χ3v) is 24.0. The lowest BCUT2D eigenvalue weighted by molar-refractivity contribution is -0.292. The molecule has 11 heterocycles. The van der Waals surface area contributed by atoms with Crippen molar-refractivity contribution in [3.8, 4) is 0 Å². The monoisotopic (exact) mass is 1730 g/mol. The van der Waals surface area contributed by atoms with Crippen molar-refractivity contribution >= 4 is 59.0 Å². The summed E-state index contributed by atoms with van der Waals surface area (Å²) in [4.78, 5) is 120. The van der Waals surface area contributed by atoms with E-state index in [2.05, 4.69) is 41.3 Å². The topological polar surface area (TPSA) is 436 Å². The predicted octanol–water partition coefficient (Wildman–Crippen LogP) is 4.55. The first kappa shape index (κ1) is 96.0. The lowest BCUT2D eigenvalue weighted by Crippen LogP contribution is -2.61. The molecule has 11 aliphatic heterocycles. The van der Waals surface area contributed by atoms with Gasteiger partial charge in [-0.05, 0) is 105 Å². The summed E-state index contributed by atoms with van der Waals surface area (Å²) in [6, 6.07) is 3.74. The molecule has 11 saturated heterocycles. The summed E-state index contributed by atoms with van der Waals surface area (Å²) in [5, 5.41) is 23.0. The molecule has 122 heavy (non-hydrogen) atoms. The minimum absolute atomic E-state index is 0.00258. The number of Topliss-reactive ketones (excluding diaryl/α,β-unsaturated/α-hetero) is 1. The number of anilines is 1. The van der Waals surface area contributed by atoms with E-state index >= 15 is 0 Å². The Hall–Kier alpha value is -6.63. The molecule has 36 nitrogen and oxygen atoms in total. The van der Waals surface area contributed by atoms with Gasteiger partial charge in [-0.15, -0.1) is 5.06 Å². The van der Waals surface area contributed by atoms with E-state index in [0.29, 0.717) is 134 Å². The minimum atomic E-state index is -1.10. The normalized spacial score (nSPS) is 30.1. The number of nitrogens with two attached hydrogens (primary N) is 1. The third-order valence-electron chi connectivity index (χ3n) is 24.0. The number of hydrogen-bond acceptors (Lipinski definition) is 30. The first-order chi connectivity index (χ1) is 59.0. The van der Waals surface area contributed by atoms with Crippen LogP contribution in [-0.2, 0) is 140 Å². The van der Waals surface area contributed by atoms with E-state index in [4.69, 9.17) is 101 Å². The number of hydrogen-bond donors (Lipinski definition) is 6. The molecule has 21 atom stereocenters. The molecular weight excluding hydrogens is 1600 g/mol. The van der Waals surface area contributed by atoms with Crippen molar-refractivity contribution in [2.24, 2.45) is 23.5 Å². The zero-order chi connectivity index (χ0) is 86.5. The van der Waals surface area contributed by atoms with Crippen LogP contribution in [-0.4, -0.2) is 312 Å². The van der Waals surface area contributed by atoms with Crippen LogP contribution in [0.3, 0.4) is 0 Å². The average molecular weight is 1730 g/mol. The smallest absolute Gasteiger partial charge is 0.335 e. The fourth-order valence-corrected chi connectivity index (χ4v) is 17.6.